The van der Waals surface area contributed by atoms with E-state index in [4.69, 9.17) is 10.5 Å². The van der Waals surface area contributed by atoms with E-state index in [0.29, 0.717) is 23.8 Å². The Morgan fingerprint density at radius 2 is 2.11 bits per heavy atom. The van der Waals surface area contributed by atoms with Crippen LogP contribution in [0.2, 0.25) is 0 Å². The van der Waals surface area contributed by atoms with Crippen molar-refractivity contribution < 1.29 is 9.84 Å². The summed E-state index contributed by atoms with van der Waals surface area (Å²) in [6, 6.07) is 12.2. The number of nitrogen functional groups attached to an aromatic ring is 1. The molecular weight excluding hydrogens is 242 g/mol. The first kappa shape index (κ1) is 11.4. The lowest BCUT2D eigenvalue weighted by molar-refractivity contribution is 0.372. The zero-order valence-corrected chi connectivity index (χ0v) is 10.1. The largest absolute Gasteiger partial charge is 0.508 e. The molecule has 0 fully saturated rings. The Morgan fingerprint density at radius 1 is 1.21 bits per heavy atom. The van der Waals surface area contributed by atoms with E-state index in [9.17, 15) is 5.11 Å². The first-order chi connectivity index (χ1) is 9.20. The second-order valence-electron chi connectivity index (χ2n) is 4.25. The first-order valence-electron chi connectivity index (χ1n) is 5.87. The van der Waals surface area contributed by atoms with Crippen molar-refractivity contribution in [1.82, 2.24) is 0 Å². The third-order valence-electron chi connectivity index (χ3n) is 2.74. The number of nitrogens with two attached hydrogens (primary N) is 1. The number of phenolic OH excluding ortho intramolecular Hbond substituents is 1. The van der Waals surface area contributed by atoms with Crippen molar-refractivity contribution in [2.24, 2.45) is 4.99 Å². The van der Waals surface area contributed by atoms with Crippen LogP contribution in [-0.2, 0) is 0 Å². The van der Waals surface area contributed by atoms with Gasteiger partial charge in [0.1, 0.15) is 29.6 Å². The Bertz CT molecular complexity index is 653. The van der Waals surface area contributed by atoms with Gasteiger partial charge in [0.05, 0.1) is 0 Å². The van der Waals surface area contributed by atoms with Gasteiger partial charge in [-0.1, -0.05) is 6.07 Å². The fraction of sp³-hybridized carbons (Fsp3) is 0.0714. The number of aliphatic imine (C=N–C) groups is 1. The highest BCUT2D eigenvalue weighted by molar-refractivity contribution is 5.99. The quantitative estimate of drug-likeness (QED) is 0.684. The van der Waals surface area contributed by atoms with Crippen LogP contribution < -0.4 is 15.8 Å². The van der Waals surface area contributed by atoms with Gasteiger partial charge in [0.15, 0.2) is 0 Å². The number of anilines is 2. The summed E-state index contributed by atoms with van der Waals surface area (Å²) in [5.74, 6) is 1.59. The van der Waals surface area contributed by atoms with Crippen LogP contribution >= 0.6 is 0 Å². The van der Waals surface area contributed by atoms with Gasteiger partial charge in [0, 0.05) is 17.4 Å². The van der Waals surface area contributed by atoms with Crippen molar-refractivity contribution in [2.75, 3.05) is 17.7 Å². The van der Waals surface area contributed by atoms with Crippen molar-refractivity contribution in [2.45, 2.75) is 0 Å². The van der Waals surface area contributed by atoms with Crippen molar-refractivity contribution >= 4 is 22.9 Å². The SMILES string of the molecule is Nc1ccc2c(c1)N=C(Nc1cccc(O)c1)CO2. The molecule has 1 aliphatic heterocycles. The molecule has 5 heteroatoms. The molecule has 2 aromatic rings. The fourth-order valence-electron chi connectivity index (χ4n) is 1.88. The summed E-state index contributed by atoms with van der Waals surface area (Å²) < 4.78 is 5.58. The summed E-state index contributed by atoms with van der Waals surface area (Å²) in [6.07, 6.45) is 0. The van der Waals surface area contributed by atoms with Crippen molar-refractivity contribution in [3.8, 4) is 11.5 Å². The minimum atomic E-state index is 0.201. The van der Waals surface area contributed by atoms with Gasteiger partial charge in [-0.2, -0.15) is 0 Å². The molecule has 0 unspecified atom stereocenters. The summed E-state index contributed by atoms with van der Waals surface area (Å²) in [5.41, 5.74) is 7.83. The minimum Gasteiger partial charge on any atom is -0.508 e. The molecule has 0 saturated heterocycles. The monoisotopic (exact) mass is 255 g/mol. The molecule has 0 bridgehead atoms. The second kappa shape index (κ2) is 4.53. The number of rotatable bonds is 1. The van der Waals surface area contributed by atoms with Gasteiger partial charge in [-0.25, -0.2) is 4.99 Å². The molecule has 0 radical (unpaired) electrons. The molecule has 0 aliphatic carbocycles. The Labute approximate surface area is 110 Å². The second-order valence-corrected chi connectivity index (χ2v) is 4.25. The van der Waals surface area contributed by atoms with Crippen LogP contribution in [0.1, 0.15) is 0 Å². The molecule has 1 heterocycles. The maximum absolute atomic E-state index is 9.41. The van der Waals surface area contributed by atoms with Crippen LogP contribution in [0.15, 0.2) is 47.5 Å². The lowest BCUT2D eigenvalue weighted by atomic mass is 10.2. The van der Waals surface area contributed by atoms with E-state index in [1.807, 2.05) is 6.07 Å². The zero-order chi connectivity index (χ0) is 13.2. The Kier molecular flexibility index (Phi) is 2.72. The molecular formula is C14H13N3O2. The highest BCUT2D eigenvalue weighted by Gasteiger charge is 2.13. The highest BCUT2D eigenvalue weighted by atomic mass is 16.5. The summed E-state index contributed by atoms with van der Waals surface area (Å²) in [4.78, 5) is 4.45. The maximum atomic E-state index is 9.41. The van der Waals surface area contributed by atoms with Crippen LogP contribution in [0.4, 0.5) is 17.1 Å². The number of ether oxygens (including phenoxy) is 1. The summed E-state index contributed by atoms with van der Waals surface area (Å²) in [7, 11) is 0. The predicted octanol–water partition coefficient (Wildman–Crippen LogP) is 2.51. The molecule has 96 valence electrons. The van der Waals surface area contributed by atoms with Crippen LogP contribution in [0.3, 0.4) is 0 Å². The van der Waals surface area contributed by atoms with Crippen LogP contribution in [-0.4, -0.2) is 17.5 Å². The third-order valence-corrected chi connectivity index (χ3v) is 2.74. The lowest BCUT2D eigenvalue weighted by Crippen LogP contribution is -2.23. The number of fused-ring (bicyclic) bond motifs is 1. The van der Waals surface area contributed by atoms with Crippen molar-refractivity contribution in [1.29, 1.82) is 0 Å². The molecule has 0 aromatic heterocycles. The lowest BCUT2D eigenvalue weighted by Gasteiger charge is -2.18. The van der Waals surface area contributed by atoms with Crippen LogP contribution in [0, 0.1) is 0 Å². The van der Waals surface area contributed by atoms with Crippen LogP contribution in [0.5, 0.6) is 11.5 Å². The van der Waals surface area contributed by atoms with Gasteiger partial charge in [-0.15, -0.1) is 0 Å². The number of hydrogen-bond donors (Lipinski definition) is 3. The number of nitrogens with one attached hydrogen (secondary N) is 1. The normalized spacial score (nSPS) is 13.2. The molecule has 0 saturated carbocycles. The molecule has 5 nitrogen and oxygen atoms in total. The van der Waals surface area contributed by atoms with E-state index in [2.05, 4.69) is 10.3 Å². The Balaban J connectivity index is 1.87. The smallest absolute Gasteiger partial charge is 0.146 e. The van der Waals surface area contributed by atoms with Gasteiger partial charge in [-0.05, 0) is 30.3 Å². The number of phenols is 1. The standard InChI is InChI=1S/C14H13N3O2/c15-9-4-5-13-12(6-9)17-14(8-19-13)16-10-2-1-3-11(18)7-10/h1-7,18H,8,15H2,(H,16,17). The molecule has 0 atom stereocenters. The molecule has 0 spiro atoms. The van der Waals surface area contributed by atoms with E-state index in [1.54, 1.807) is 36.4 Å². The summed E-state index contributed by atoms with van der Waals surface area (Å²) in [6.45, 7) is 0.354. The predicted molar refractivity (Wildman–Crippen MR) is 75.2 cm³/mol. The molecule has 0 amide bonds. The molecule has 2 aromatic carbocycles. The summed E-state index contributed by atoms with van der Waals surface area (Å²) >= 11 is 0. The number of hydrogen-bond acceptors (Lipinski definition) is 5. The zero-order valence-electron chi connectivity index (χ0n) is 10.1. The number of amidine groups is 1. The minimum absolute atomic E-state index is 0.201. The van der Waals surface area contributed by atoms with Crippen molar-refractivity contribution in [3.05, 3.63) is 42.5 Å². The summed E-state index contributed by atoms with van der Waals surface area (Å²) in [5, 5.41) is 12.5. The van der Waals surface area contributed by atoms with E-state index < -0.39 is 0 Å². The van der Waals surface area contributed by atoms with Gasteiger partial charge in [-0.3, -0.25) is 0 Å². The Morgan fingerprint density at radius 3 is 2.95 bits per heavy atom. The van der Waals surface area contributed by atoms with Crippen LogP contribution in [0.25, 0.3) is 0 Å². The van der Waals surface area contributed by atoms with E-state index in [1.165, 1.54) is 0 Å². The van der Waals surface area contributed by atoms with E-state index in [-0.39, 0.29) is 5.75 Å². The maximum Gasteiger partial charge on any atom is 0.146 e. The Hall–Kier alpha value is -2.69. The average molecular weight is 255 g/mol. The highest BCUT2D eigenvalue weighted by Crippen LogP contribution is 2.32. The van der Waals surface area contributed by atoms with Gasteiger partial charge in [0.25, 0.3) is 0 Å². The molecule has 4 N–H and O–H groups in total. The van der Waals surface area contributed by atoms with E-state index in [0.717, 1.165) is 11.4 Å². The average Bonchev–Trinajstić information content (AvgIpc) is 2.38. The molecule has 19 heavy (non-hydrogen) atoms. The van der Waals surface area contributed by atoms with Gasteiger partial charge in [0.2, 0.25) is 0 Å². The van der Waals surface area contributed by atoms with E-state index >= 15 is 0 Å². The first-order valence-corrected chi connectivity index (χ1v) is 5.87. The molecule has 1 aliphatic rings. The number of nitrogens with zero attached hydrogens (tertiary/aromatic N) is 1. The van der Waals surface area contributed by atoms with Gasteiger partial charge < -0.3 is 20.9 Å². The van der Waals surface area contributed by atoms with Gasteiger partial charge >= 0.3 is 0 Å². The number of aromatic hydroxyl groups is 1. The fourth-order valence-corrected chi connectivity index (χ4v) is 1.88. The van der Waals surface area contributed by atoms with Crippen molar-refractivity contribution in [3.63, 3.8) is 0 Å². The third kappa shape index (κ3) is 2.44. The number of benzene rings is 2. The topological polar surface area (TPSA) is 79.9 Å². The molecule has 3 rings (SSSR count).